The molecule has 5 rings (SSSR count). The number of para-hydroxylation sites is 1. The second-order valence-corrected chi connectivity index (χ2v) is 12.2. The number of nitrogens with zero attached hydrogens (tertiary/aromatic N) is 5. The number of hydrogen-bond donors (Lipinski definition) is 0. The van der Waals surface area contributed by atoms with Crippen molar-refractivity contribution in [2.45, 2.75) is 11.3 Å². The lowest BCUT2D eigenvalue weighted by Crippen LogP contribution is -2.52. The quantitative estimate of drug-likeness (QED) is 0.621. The van der Waals surface area contributed by atoms with Crippen LogP contribution in [0.5, 0.6) is 0 Å². The maximum absolute atomic E-state index is 13.6. The van der Waals surface area contributed by atoms with Gasteiger partial charge in [-0.15, -0.1) is 0 Å². The third-order valence-corrected chi connectivity index (χ3v) is 9.44. The zero-order valence-electron chi connectivity index (χ0n) is 17.7. The van der Waals surface area contributed by atoms with Crippen LogP contribution in [0.2, 0.25) is 0 Å². The molecule has 172 valence electrons. The zero-order chi connectivity index (χ0) is 22.5. The molecule has 0 aliphatic carbocycles. The largest absolute Gasteiger partial charge is 0.395 e. The van der Waals surface area contributed by atoms with Crippen LogP contribution in [0.1, 0.15) is 6.42 Å². The summed E-state index contributed by atoms with van der Waals surface area (Å²) in [5, 5.41) is 4.84. The molecule has 0 spiro atoms. The predicted molar refractivity (Wildman–Crippen MR) is 121 cm³/mol. The minimum absolute atomic E-state index is 0.110. The number of aromatic nitrogens is 1. The number of fused-ring (bicyclic) bond motifs is 1. The zero-order valence-corrected chi connectivity index (χ0v) is 19.3. The van der Waals surface area contributed by atoms with Crippen LogP contribution in [0.4, 0.5) is 5.82 Å². The highest BCUT2D eigenvalue weighted by Gasteiger charge is 2.39. The van der Waals surface area contributed by atoms with E-state index in [0.29, 0.717) is 25.5 Å². The number of pyridine rings is 1. The van der Waals surface area contributed by atoms with Crippen molar-refractivity contribution < 1.29 is 21.7 Å². The fraction of sp³-hybridized carbons (Fsp3) is 0.500. The Hall–Kier alpha value is -2.28. The van der Waals surface area contributed by atoms with Gasteiger partial charge in [0.2, 0.25) is 20.0 Å². The van der Waals surface area contributed by atoms with E-state index in [1.807, 2.05) is 29.2 Å². The molecule has 0 radical (unpaired) electrons. The molecule has 10 nitrogen and oxygen atoms in total. The van der Waals surface area contributed by atoms with Crippen molar-refractivity contribution >= 4 is 42.5 Å². The molecule has 0 unspecified atom stereocenters. The van der Waals surface area contributed by atoms with Gasteiger partial charge < -0.3 is 9.74 Å². The molecule has 2 fully saturated rings. The van der Waals surface area contributed by atoms with Crippen LogP contribution in [0.25, 0.3) is 10.9 Å². The molecule has 2 aromatic rings. The summed E-state index contributed by atoms with van der Waals surface area (Å²) in [5.41, 5.74) is 1.75. The van der Waals surface area contributed by atoms with Crippen LogP contribution >= 0.6 is 0 Å². The third-order valence-electron chi connectivity index (χ3n) is 6.24. The number of benzene rings is 1. The summed E-state index contributed by atoms with van der Waals surface area (Å²) in [6.45, 7) is 2.37. The van der Waals surface area contributed by atoms with Gasteiger partial charge in [0.1, 0.15) is 17.3 Å². The van der Waals surface area contributed by atoms with Gasteiger partial charge in [-0.1, -0.05) is 23.4 Å². The molecule has 12 heteroatoms. The first-order chi connectivity index (χ1) is 15.2. The van der Waals surface area contributed by atoms with E-state index >= 15 is 0 Å². The van der Waals surface area contributed by atoms with E-state index in [0.717, 1.165) is 29.3 Å². The van der Waals surface area contributed by atoms with Gasteiger partial charge in [-0.2, -0.15) is 8.61 Å². The Labute approximate surface area is 187 Å². The highest BCUT2D eigenvalue weighted by Crippen LogP contribution is 2.35. The Kier molecular flexibility index (Phi) is 5.35. The number of sulfonamides is 2. The van der Waals surface area contributed by atoms with Crippen LogP contribution in [-0.4, -0.2) is 88.3 Å². The maximum atomic E-state index is 13.6. The van der Waals surface area contributed by atoms with Crippen LogP contribution in [0.15, 0.2) is 40.4 Å². The molecular formula is C20H25N5O5S2. The van der Waals surface area contributed by atoms with Crippen LogP contribution in [-0.2, 0) is 24.9 Å². The number of hydrogen-bond acceptors (Lipinski definition) is 8. The number of rotatable bonds is 5. The van der Waals surface area contributed by atoms with Crippen molar-refractivity contribution in [2.75, 3.05) is 57.0 Å². The molecule has 1 aromatic heterocycles. The van der Waals surface area contributed by atoms with Gasteiger partial charge in [-0.05, 0) is 12.1 Å². The molecule has 0 atom stereocenters. The lowest BCUT2D eigenvalue weighted by Gasteiger charge is -2.41. The first kappa shape index (κ1) is 21.6. The molecule has 3 aliphatic rings. The fourth-order valence-electron chi connectivity index (χ4n) is 4.35. The third kappa shape index (κ3) is 3.85. The normalized spacial score (nSPS) is 21.4. The first-order valence-electron chi connectivity index (χ1n) is 10.5. The Balaban J connectivity index is 1.46. The molecule has 0 N–H and O–H groups in total. The molecule has 32 heavy (non-hydrogen) atoms. The van der Waals surface area contributed by atoms with Gasteiger partial charge >= 0.3 is 0 Å². The summed E-state index contributed by atoms with van der Waals surface area (Å²) in [6.07, 6.45) is 1.95. The van der Waals surface area contributed by atoms with E-state index in [1.54, 1.807) is 6.07 Å². The minimum atomic E-state index is -3.86. The maximum Gasteiger partial charge on any atom is 0.246 e. The second kappa shape index (κ2) is 7.94. The average molecular weight is 480 g/mol. The Bertz CT molecular complexity index is 1280. The average Bonchev–Trinajstić information content (AvgIpc) is 3.26. The van der Waals surface area contributed by atoms with E-state index in [9.17, 15) is 16.8 Å². The van der Waals surface area contributed by atoms with Crippen molar-refractivity contribution in [3.63, 3.8) is 0 Å². The number of piperazine rings is 1. The summed E-state index contributed by atoms with van der Waals surface area (Å²) < 4.78 is 53.6. The Morgan fingerprint density at radius 2 is 1.69 bits per heavy atom. The smallest absolute Gasteiger partial charge is 0.246 e. The van der Waals surface area contributed by atoms with Crippen molar-refractivity contribution in [3.8, 4) is 0 Å². The SMILES string of the molecule is CS(=O)(=O)N1CCN(S(=O)(=O)c2cc3ccccc3nc2N2CC(C3=NOCC3)C2)CC1. The predicted octanol–water partition coefficient (Wildman–Crippen LogP) is 0.713. The van der Waals surface area contributed by atoms with E-state index < -0.39 is 20.0 Å². The molecule has 0 bridgehead atoms. The summed E-state index contributed by atoms with van der Waals surface area (Å²) in [6, 6.07) is 9.12. The molecule has 2 saturated heterocycles. The first-order valence-corrected chi connectivity index (χ1v) is 13.8. The second-order valence-electron chi connectivity index (χ2n) is 8.34. The van der Waals surface area contributed by atoms with Crippen LogP contribution in [0.3, 0.4) is 0 Å². The molecule has 0 saturated carbocycles. The molecule has 3 aliphatic heterocycles. The van der Waals surface area contributed by atoms with Gasteiger partial charge in [0.05, 0.1) is 17.5 Å². The molecule has 1 aromatic carbocycles. The lowest BCUT2D eigenvalue weighted by atomic mass is 9.93. The lowest BCUT2D eigenvalue weighted by molar-refractivity contribution is 0.173. The van der Waals surface area contributed by atoms with Gasteiger partial charge in [-0.3, -0.25) is 0 Å². The van der Waals surface area contributed by atoms with Gasteiger partial charge in [0.25, 0.3) is 0 Å². The molecule has 4 heterocycles. The standard InChI is InChI=1S/C20H25N5O5S2/c1-31(26,27)24-7-9-25(10-8-24)32(28,29)19-12-15-4-2-3-5-17(15)21-20(19)23-13-16(14-23)18-6-11-30-22-18/h2-5,12,16H,6-11,13-14H2,1H3. The minimum Gasteiger partial charge on any atom is -0.395 e. The van der Waals surface area contributed by atoms with E-state index in [2.05, 4.69) is 5.16 Å². The number of oxime groups is 1. The van der Waals surface area contributed by atoms with Crippen LogP contribution < -0.4 is 4.90 Å². The number of anilines is 1. The Morgan fingerprint density at radius 1 is 1.00 bits per heavy atom. The fourth-order valence-corrected chi connectivity index (χ4v) is 6.78. The molecular weight excluding hydrogens is 454 g/mol. The summed E-state index contributed by atoms with van der Waals surface area (Å²) in [7, 11) is -7.21. The van der Waals surface area contributed by atoms with Crippen molar-refractivity contribution in [2.24, 2.45) is 11.1 Å². The Morgan fingerprint density at radius 3 is 2.34 bits per heavy atom. The van der Waals surface area contributed by atoms with Gasteiger partial charge in [0, 0.05) is 57.0 Å². The topological polar surface area (TPSA) is 112 Å². The highest BCUT2D eigenvalue weighted by molar-refractivity contribution is 7.89. The van der Waals surface area contributed by atoms with E-state index in [4.69, 9.17) is 9.82 Å². The summed E-state index contributed by atoms with van der Waals surface area (Å²) in [4.78, 5) is 12.0. The summed E-state index contributed by atoms with van der Waals surface area (Å²) >= 11 is 0. The van der Waals surface area contributed by atoms with Crippen molar-refractivity contribution in [1.82, 2.24) is 13.6 Å². The van der Waals surface area contributed by atoms with Crippen molar-refractivity contribution in [1.29, 1.82) is 0 Å². The summed E-state index contributed by atoms with van der Waals surface area (Å²) in [5.74, 6) is 0.671. The highest BCUT2D eigenvalue weighted by atomic mass is 32.2. The van der Waals surface area contributed by atoms with E-state index in [1.165, 1.54) is 8.61 Å². The van der Waals surface area contributed by atoms with Crippen LogP contribution in [0, 0.1) is 5.92 Å². The van der Waals surface area contributed by atoms with E-state index in [-0.39, 0.29) is 37.0 Å². The van der Waals surface area contributed by atoms with Gasteiger partial charge in [-0.25, -0.2) is 21.8 Å². The van der Waals surface area contributed by atoms with Crippen molar-refractivity contribution in [3.05, 3.63) is 30.3 Å². The monoisotopic (exact) mass is 479 g/mol. The van der Waals surface area contributed by atoms with Gasteiger partial charge in [0.15, 0.2) is 0 Å². The molecule has 0 amide bonds.